The molecule has 0 aliphatic heterocycles. The second-order valence-corrected chi connectivity index (χ2v) is 4.93. The van der Waals surface area contributed by atoms with E-state index in [4.69, 9.17) is 4.74 Å². The molecule has 0 radical (unpaired) electrons. The van der Waals surface area contributed by atoms with Crippen LogP contribution in [-0.2, 0) is 0 Å². The van der Waals surface area contributed by atoms with Gasteiger partial charge in [-0.3, -0.25) is 0 Å². The summed E-state index contributed by atoms with van der Waals surface area (Å²) >= 11 is 0. The Morgan fingerprint density at radius 3 is 2.50 bits per heavy atom. The predicted molar refractivity (Wildman–Crippen MR) is 80.6 cm³/mol. The van der Waals surface area contributed by atoms with Crippen molar-refractivity contribution in [2.45, 2.75) is 19.9 Å². The molecule has 0 saturated heterocycles. The number of hydrogen-bond donors (Lipinski definition) is 1. The average molecular weight is 273 g/mol. The lowest BCUT2D eigenvalue weighted by Gasteiger charge is -2.14. The van der Waals surface area contributed by atoms with Gasteiger partial charge in [0.15, 0.2) is 0 Å². The summed E-state index contributed by atoms with van der Waals surface area (Å²) in [5.74, 6) is 0.607. The molecule has 106 valence electrons. The second kappa shape index (κ2) is 6.06. The van der Waals surface area contributed by atoms with E-state index in [2.05, 4.69) is 12.2 Å². The van der Waals surface area contributed by atoms with Gasteiger partial charge in [-0.15, -0.1) is 0 Å². The summed E-state index contributed by atoms with van der Waals surface area (Å²) in [6.45, 7) is 4.01. The molecule has 1 atom stereocenters. The van der Waals surface area contributed by atoms with Gasteiger partial charge in [0.25, 0.3) is 0 Å². The lowest BCUT2D eigenvalue weighted by atomic mass is 9.98. The Labute approximate surface area is 119 Å². The fraction of sp³-hybridized carbons (Fsp3) is 0.294. The molecule has 2 rings (SSSR count). The van der Waals surface area contributed by atoms with E-state index < -0.39 is 0 Å². The number of nitrogens with one attached hydrogen (secondary N) is 1. The van der Waals surface area contributed by atoms with Gasteiger partial charge in [-0.2, -0.15) is 0 Å². The zero-order chi connectivity index (χ0) is 14.7. The summed E-state index contributed by atoms with van der Waals surface area (Å²) in [6.07, 6.45) is 0. The van der Waals surface area contributed by atoms with Crippen LogP contribution in [0.5, 0.6) is 5.75 Å². The van der Waals surface area contributed by atoms with E-state index in [1.165, 1.54) is 6.07 Å². The SMILES string of the molecule is CNC(C)c1ccc(F)c(-c2ccc(OC)c(C)c2)c1. The third-order valence-corrected chi connectivity index (χ3v) is 3.63. The molecule has 0 spiro atoms. The fourth-order valence-electron chi connectivity index (χ4n) is 2.25. The first-order chi connectivity index (χ1) is 9.56. The van der Waals surface area contributed by atoms with Crippen molar-refractivity contribution in [3.63, 3.8) is 0 Å². The number of ether oxygens (including phenoxy) is 1. The molecule has 0 aliphatic rings. The van der Waals surface area contributed by atoms with Crippen molar-refractivity contribution in [1.29, 1.82) is 0 Å². The lowest BCUT2D eigenvalue weighted by Crippen LogP contribution is -2.12. The topological polar surface area (TPSA) is 21.3 Å². The third kappa shape index (κ3) is 2.83. The smallest absolute Gasteiger partial charge is 0.131 e. The molecule has 0 heterocycles. The van der Waals surface area contributed by atoms with Crippen LogP contribution in [-0.4, -0.2) is 14.2 Å². The van der Waals surface area contributed by atoms with Crippen molar-refractivity contribution >= 4 is 0 Å². The van der Waals surface area contributed by atoms with Gasteiger partial charge in [-0.25, -0.2) is 4.39 Å². The Bertz CT molecular complexity index is 610. The van der Waals surface area contributed by atoms with Gasteiger partial charge in [-0.1, -0.05) is 12.1 Å². The Hall–Kier alpha value is -1.87. The minimum atomic E-state index is -0.207. The van der Waals surface area contributed by atoms with E-state index in [1.807, 2.05) is 44.3 Å². The van der Waals surface area contributed by atoms with Crippen LogP contribution in [0.4, 0.5) is 4.39 Å². The van der Waals surface area contributed by atoms with Gasteiger partial charge < -0.3 is 10.1 Å². The number of benzene rings is 2. The van der Waals surface area contributed by atoms with E-state index in [0.29, 0.717) is 5.56 Å². The highest BCUT2D eigenvalue weighted by Crippen LogP contribution is 2.29. The standard InChI is InChI=1S/C17H20FNO/c1-11-9-14(6-8-17(11)20-4)15-10-13(12(2)19-3)5-7-16(15)18/h5-10,12,19H,1-4H3. The maximum Gasteiger partial charge on any atom is 0.131 e. The first kappa shape index (κ1) is 14.5. The van der Waals surface area contributed by atoms with Crippen molar-refractivity contribution < 1.29 is 9.13 Å². The molecule has 3 heteroatoms. The zero-order valence-electron chi connectivity index (χ0n) is 12.3. The highest BCUT2D eigenvalue weighted by Gasteiger charge is 2.11. The third-order valence-electron chi connectivity index (χ3n) is 3.63. The van der Waals surface area contributed by atoms with Gasteiger partial charge in [-0.05, 0) is 61.9 Å². The van der Waals surface area contributed by atoms with Crippen LogP contribution >= 0.6 is 0 Å². The number of halogens is 1. The van der Waals surface area contributed by atoms with Crippen LogP contribution in [0.1, 0.15) is 24.1 Å². The molecule has 0 aliphatic carbocycles. The molecule has 0 bridgehead atoms. The number of aryl methyl sites for hydroxylation is 1. The van der Waals surface area contributed by atoms with Crippen LogP contribution < -0.4 is 10.1 Å². The van der Waals surface area contributed by atoms with Crippen molar-refractivity contribution in [1.82, 2.24) is 5.32 Å². The van der Waals surface area contributed by atoms with E-state index in [9.17, 15) is 4.39 Å². The monoisotopic (exact) mass is 273 g/mol. The van der Waals surface area contributed by atoms with Crippen molar-refractivity contribution in [3.8, 4) is 16.9 Å². The Kier molecular flexibility index (Phi) is 4.40. The molecular weight excluding hydrogens is 253 g/mol. The summed E-state index contributed by atoms with van der Waals surface area (Å²) in [5, 5.41) is 3.17. The maximum atomic E-state index is 14.1. The van der Waals surface area contributed by atoms with Crippen molar-refractivity contribution in [3.05, 3.63) is 53.3 Å². The predicted octanol–water partition coefficient (Wildman–Crippen LogP) is 4.09. The molecule has 0 saturated carbocycles. The molecule has 2 aromatic carbocycles. The van der Waals surface area contributed by atoms with E-state index in [0.717, 1.165) is 22.4 Å². The maximum absolute atomic E-state index is 14.1. The van der Waals surface area contributed by atoms with Crippen LogP contribution in [0.2, 0.25) is 0 Å². The minimum absolute atomic E-state index is 0.189. The quantitative estimate of drug-likeness (QED) is 0.906. The fourth-order valence-corrected chi connectivity index (χ4v) is 2.25. The summed E-state index contributed by atoms with van der Waals surface area (Å²) in [4.78, 5) is 0. The normalized spacial score (nSPS) is 12.2. The van der Waals surface area contributed by atoms with E-state index in [-0.39, 0.29) is 11.9 Å². The summed E-state index contributed by atoms with van der Waals surface area (Å²) in [6, 6.07) is 11.1. The number of hydrogen-bond acceptors (Lipinski definition) is 2. The second-order valence-electron chi connectivity index (χ2n) is 4.93. The Morgan fingerprint density at radius 1 is 1.15 bits per heavy atom. The molecule has 1 N–H and O–H groups in total. The molecule has 2 nitrogen and oxygen atoms in total. The summed E-state index contributed by atoms with van der Waals surface area (Å²) in [5.41, 5.74) is 3.55. The Morgan fingerprint density at radius 2 is 1.90 bits per heavy atom. The molecule has 1 unspecified atom stereocenters. The van der Waals surface area contributed by atoms with Gasteiger partial charge in [0, 0.05) is 11.6 Å². The number of rotatable bonds is 4. The first-order valence-corrected chi connectivity index (χ1v) is 6.68. The first-order valence-electron chi connectivity index (χ1n) is 6.68. The molecule has 0 fully saturated rings. The molecular formula is C17H20FNO. The van der Waals surface area contributed by atoms with Crippen LogP contribution in [0, 0.1) is 12.7 Å². The average Bonchev–Trinajstić information content (AvgIpc) is 2.46. The highest BCUT2D eigenvalue weighted by atomic mass is 19.1. The zero-order valence-corrected chi connectivity index (χ0v) is 12.3. The van der Waals surface area contributed by atoms with Gasteiger partial charge in [0.2, 0.25) is 0 Å². The van der Waals surface area contributed by atoms with Gasteiger partial charge in [0.1, 0.15) is 11.6 Å². The van der Waals surface area contributed by atoms with Gasteiger partial charge in [0.05, 0.1) is 7.11 Å². The van der Waals surface area contributed by atoms with Crippen molar-refractivity contribution in [2.75, 3.05) is 14.2 Å². The molecule has 2 aromatic rings. The summed E-state index contributed by atoms with van der Waals surface area (Å²) in [7, 11) is 3.53. The van der Waals surface area contributed by atoms with Crippen LogP contribution in [0.25, 0.3) is 11.1 Å². The largest absolute Gasteiger partial charge is 0.496 e. The van der Waals surface area contributed by atoms with Crippen molar-refractivity contribution in [2.24, 2.45) is 0 Å². The lowest BCUT2D eigenvalue weighted by molar-refractivity contribution is 0.412. The van der Waals surface area contributed by atoms with Gasteiger partial charge >= 0.3 is 0 Å². The molecule has 20 heavy (non-hydrogen) atoms. The number of methoxy groups -OCH3 is 1. The molecule has 0 aromatic heterocycles. The van der Waals surface area contributed by atoms with E-state index >= 15 is 0 Å². The van der Waals surface area contributed by atoms with E-state index in [1.54, 1.807) is 7.11 Å². The molecule has 0 amide bonds. The van der Waals surface area contributed by atoms with Crippen LogP contribution in [0.15, 0.2) is 36.4 Å². The Balaban J connectivity index is 2.48. The summed E-state index contributed by atoms with van der Waals surface area (Å²) < 4.78 is 19.3. The highest BCUT2D eigenvalue weighted by molar-refractivity contribution is 5.67. The minimum Gasteiger partial charge on any atom is -0.496 e. The van der Waals surface area contributed by atoms with Crippen LogP contribution in [0.3, 0.4) is 0 Å².